The largest absolute Gasteiger partial charge is 0.494 e. The van der Waals surface area contributed by atoms with E-state index in [2.05, 4.69) is 6.92 Å². The molecule has 0 radical (unpaired) electrons. The van der Waals surface area contributed by atoms with Crippen molar-refractivity contribution >= 4 is 11.9 Å². The van der Waals surface area contributed by atoms with E-state index < -0.39 is 11.2 Å². The van der Waals surface area contributed by atoms with Gasteiger partial charge in [-0.15, -0.1) is 0 Å². The number of ketones is 1. The topological polar surface area (TPSA) is 35.5 Å². The molecule has 1 aliphatic rings. The van der Waals surface area contributed by atoms with Gasteiger partial charge < -0.3 is 9.47 Å². The van der Waals surface area contributed by atoms with E-state index in [-0.39, 0.29) is 5.78 Å². The summed E-state index contributed by atoms with van der Waals surface area (Å²) >= 11 is 0. The van der Waals surface area contributed by atoms with Crippen molar-refractivity contribution in [3.8, 4) is 5.75 Å². The predicted octanol–water partition coefficient (Wildman–Crippen LogP) is 5.97. The van der Waals surface area contributed by atoms with Gasteiger partial charge in [0, 0.05) is 5.57 Å². The molecule has 0 unspecified atom stereocenters. The van der Waals surface area contributed by atoms with Crippen LogP contribution in [-0.4, -0.2) is 23.6 Å². The minimum atomic E-state index is -0.754. The van der Waals surface area contributed by atoms with E-state index in [9.17, 15) is 4.79 Å². The molecule has 26 heavy (non-hydrogen) atoms. The molecule has 0 N–H and O–H groups in total. The molecule has 1 heterocycles. The minimum Gasteiger partial charge on any atom is -0.494 e. The third kappa shape index (κ3) is 5.44. The molecule has 1 saturated heterocycles. The fraction of sp³-hybridized carbons (Fsp3) is 0.609. The number of carbonyl (C=O) groups is 1. The van der Waals surface area contributed by atoms with Crippen LogP contribution in [0.25, 0.3) is 6.08 Å². The molecule has 3 nitrogen and oxygen atoms in total. The van der Waals surface area contributed by atoms with Gasteiger partial charge in [-0.2, -0.15) is 0 Å². The molecule has 0 saturated carbocycles. The van der Waals surface area contributed by atoms with Crippen LogP contribution in [0.2, 0.25) is 0 Å². The Morgan fingerprint density at radius 1 is 0.923 bits per heavy atom. The first-order chi connectivity index (χ1) is 12.3. The molecule has 0 amide bonds. The van der Waals surface area contributed by atoms with Gasteiger partial charge >= 0.3 is 0 Å². The monoisotopic (exact) mass is 358 g/mol. The molecule has 0 spiro atoms. The van der Waals surface area contributed by atoms with Gasteiger partial charge in [0.1, 0.15) is 11.4 Å². The van der Waals surface area contributed by atoms with Gasteiger partial charge in [-0.3, -0.25) is 4.79 Å². The van der Waals surface area contributed by atoms with E-state index in [1.165, 1.54) is 32.1 Å². The van der Waals surface area contributed by atoms with Crippen LogP contribution in [0.15, 0.2) is 29.8 Å². The average Bonchev–Trinajstić information content (AvgIpc) is 2.73. The van der Waals surface area contributed by atoms with Crippen LogP contribution in [0.1, 0.15) is 78.7 Å². The van der Waals surface area contributed by atoms with Crippen LogP contribution < -0.4 is 4.74 Å². The summed E-state index contributed by atoms with van der Waals surface area (Å²) in [5.41, 5.74) is 0.404. The fourth-order valence-electron chi connectivity index (χ4n) is 3.48. The third-order valence-electron chi connectivity index (χ3n) is 4.91. The molecule has 1 aliphatic heterocycles. The van der Waals surface area contributed by atoms with E-state index in [4.69, 9.17) is 9.47 Å². The van der Waals surface area contributed by atoms with Crippen molar-refractivity contribution in [2.75, 3.05) is 6.61 Å². The van der Waals surface area contributed by atoms with Gasteiger partial charge in [0.05, 0.1) is 12.2 Å². The highest BCUT2D eigenvalue weighted by atomic mass is 16.5. The number of hydrogen-bond donors (Lipinski definition) is 0. The Balaban J connectivity index is 1.88. The Kier molecular flexibility index (Phi) is 7.05. The lowest BCUT2D eigenvalue weighted by molar-refractivity contribution is -0.132. The van der Waals surface area contributed by atoms with Gasteiger partial charge in [0.2, 0.25) is 0 Å². The first-order valence-corrected chi connectivity index (χ1v) is 9.96. The highest BCUT2D eigenvalue weighted by Gasteiger charge is 2.49. The summed E-state index contributed by atoms with van der Waals surface area (Å²) in [5, 5.41) is 0. The second kappa shape index (κ2) is 8.85. The van der Waals surface area contributed by atoms with Crippen molar-refractivity contribution < 1.29 is 14.3 Å². The maximum Gasteiger partial charge on any atom is 0.192 e. The SMILES string of the molecule is CCCCCCCCOc1ccc(C=C2C(=O)C(C)(C)OC2(C)C)cc1. The van der Waals surface area contributed by atoms with Crippen molar-refractivity contribution in [2.24, 2.45) is 0 Å². The Hall–Kier alpha value is -1.61. The maximum atomic E-state index is 12.6. The van der Waals surface area contributed by atoms with Crippen LogP contribution in [0, 0.1) is 0 Å². The van der Waals surface area contributed by atoms with Crippen molar-refractivity contribution in [1.82, 2.24) is 0 Å². The van der Waals surface area contributed by atoms with Crippen molar-refractivity contribution in [1.29, 1.82) is 0 Å². The Bertz CT molecular complexity index is 623. The lowest BCUT2D eigenvalue weighted by Gasteiger charge is -2.22. The number of hydrogen-bond acceptors (Lipinski definition) is 3. The molecule has 1 aromatic rings. The Morgan fingerprint density at radius 2 is 1.54 bits per heavy atom. The summed E-state index contributed by atoms with van der Waals surface area (Å²) in [4.78, 5) is 12.6. The Morgan fingerprint density at radius 3 is 2.12 bits per heavy atom. The molecule has 0 aromatic heterocycles. The zero-order valence-electron chi connectivity index (χ0n) is 17.1. The van der Waals surface area contributed by atoms with Crippen LogP contribution >= 0.6 is 0 Å². The third-order valence-corrected chi connectivity index (χ3v) is 4.91. The van der Waals surface area contributed by atoms with Crippen molar-refractivity contribution in [2.45, 2.75) is 84.3 Å². The average molecular weight is 359 g/mol. The van der Waals surface area contributed by atoms with E-state index in [1.807, 2.05) is 58.0 Å². The van der Waals surface area contributed by atoms with Crippen molar-refractivity contribution in [3.05, 3.63) is 35.4 Å². The van der Waals surface area contributed by atoms with E-state index in [1.54, 1.807) is 0 Å². The number of unbranched alkanes of at least 4 members (excludes halogenated alkanes) is 5. The maximum absolute atomic E-state index is 12.6. The number of ether oxygens (including phenoxy) is 2. The summed E-state index contributed by atoms with van der Waals surface area (Å²) in [6.45, 7) is 10.6. The molecule has 1 aromatic carbocycles. The van der Waals surface area contributed by atoms with Crippen LogP contribution in [0.5, 0.6) is 5.75 Å². The number of benzene rings is 1. The molecular weight excluding hydrogens is 324 g/mol. The highest BCUT2D eigenvalue weighted by molar-refractivity contribution is 6.08. The van der Waals surface area contributed by atoms with Gasteiger partial charge in [-0.25, -0.2) is 0 Å². The molecule has 1 fully saturated rings. The quantitative estimate of drug-likeness (QED) is 0.403. The van der Waals surface area contributed by atoms with Crippen molar-refractivity contribution in [3.63, 3.8) is 0 Å². The summed E-state index contributed by atoms with van der Waals surface area (Å²) < 4.78 is 11.7. The normalized spacial score (nSPS) is 19.9. The molecule has 144 valence electrons. The van der Waals surface area contributed by atoms with E-state index >= 15 is 0 Å². The van der Waals surface area contributed by atoms with E-state index in [0.717, 1.165) is 29.9 Å². The first-order valence-electron chi connectivity index (χ1n) is 9.96. The van der Waals surface area contributed by atoms with Gasteiger partial charge in [-0.05, 0) is 57.9 Å². The van der Waals surface area contributed by atoms with Gasteiger partial charge in [0.25, 0.3) is 0 Å². The summed E-state index contributed by atoms with van der Waals surface area (Å²) in [7, 11) is 0. The molecule has 0 atom stereocenters. The Labute approximate surface area is 158 Å². The number of Topliss-reactive ketones (excluding diaryl/α,β-unsaturated/α-hetero) is 1. The smallest absolute Gasteiger partial charge is 0.192 e. The fourth-order valence-corrected chi connectivity index (χ4v) is 3.48. The molecule has 2 rings (SSSR count). The summed E-state index contributed by atoms with van der Waals surface area (Å²) in [6.07, 6.45) is 9.52. The number of carbonyl (C=O) groups excluding carboxylic acids is 1. The zero-order chi connectivity index (χ0) is 19.2. The zero-order valence-corrected chi connectivity index (χ0v) is 17.1. The van der Waals surface area contributed by atoms with Crippen LogP contribution in [-0.2, 0) is 9.53 Å². The first kappa shape index (κ1) is 20.7. The molecule has 3 heteroatoms. The highest BCUT2D eigenvalue weighted by Crippen LogP contribution is 2.39. The predicted molar refractivity (Wildman–Crippen MR) is 108 cm³/mol. The van der Waals surface area contributed by atoms with Crippen LogP contribution in [0.4, 0.5) is 0 Å². The minimum absolute atomic E-state index is 0.0610. The van der Waals surface area contributed by atoms with Gasteiger partial charge in [-0.1, -0.05) is 51.2 Å². The van der Waals surface area contributed by atoms with E-state index in [0.29, 0.717) is 0 Å². The lowest BCUT2D eigenvalue weighted by atomic mass is 9.91. The summed E-state index contributed by atoms with van der Waals surface area (Å²) in [6, 6.07) is 7.94. The standard InChI is InChI=1S/C23H34O3/c1-6-7-8-9-10-11-16-25-19-14-12-18(13-15-19)17-20-21(24)23(4,5)26-22(20,2)3/h12-15,17H,6-11,16H2,1-5H3. The van der Waals surface area contributed by atoms with Gasteiger partial charge in [0.15, 0.2) is 5.78 Å². The molecule has 0 aliphatic carbocycles. The van der Waals surface area contributed by atoms with Crippen LogP contribution in [0.3, 0.4) is 0 Å². The second-order valence-electron chi connectivity index (χ2n) is 8.20. The molecule has 0 bridgehead atoms. The molecular formula is C23H34O3. The summed E-state index contributed by atoms with van der Waals surface area (Å²) in [5.74, 6) is 0.945. The second-order valence-corrected chi connectivity index (χ2v) is 8.20. The lowest BCUT2D eigenvalue weighted by Crippen LogP contribution is -2.29. The number of rotatable bonds is 9.